The third-order valence-electron chi connectivity index (χ3n) is 6.43. The summed E-state index contributed by atoms with van der Waals surface area (Å²) in [6, 6.07) is 9.33. The third-order valence-corrected chi connectivity index (χ3v) is 6.72. The van der Waals surface area contributed by atoms with Crippen LogP contribution in [0.3, 0.4) is 0 Å². The molecule has 4 heterocycles. The molecule has 3 aromatic heterocycles. The molecule has 1 aliphatic heterocycles. The van der Waals surface area contributed by atoms with Gasteiger partial charge in [-0.05, 0) is 43.6 Å². The summed E-state index contributed by atoms with van der Waals surface area (Å²) in [5.41, 5.74) is 1.35. The molecule has 0 fully saturated rings. The number of aryl methyl sites for hydroxylation is 2. The molecule has 11 heteroatoms. The predicted molar refractivity (Wildman–Crippen MR) is 130 cm³/mol. The lowest BCUT2D eigenvalue weighted by atomic mass is 10.1. The molecule has 0 unspecified atom stereocenters. The average Bonchev–Trinajstić information content (AvgIpc) is 3.32. The Morgan fingerprint density at radius 1 is 1.11 bits per heavy atom. The molecule has 0 aliphatic carbocycles. The molecule has 5 rings (SSSR count). The van der Waals surface area contributed by atoms with E-state index >= 15 is 0 Å². The first-order valence-corrected chi connectivity index (χ1v) is 11.4. The summed E-state index contributed by atoms with van der Waals surface area (Å²) in [6.45, 7) is 4.51. The number of Topliss-reactive ketones (excluding diaryl/α,β-unsaturated/α-hetero) is 1. The number of nitrogens with zero attached hydrogens (tertiary/aromatic N) is 5. The van der Waals surface area contributed by atoms with Crippen LogP contribution in [-0.2, 0) is 27.2 Å². The number of ether oxygens (including phenoxy) is 2. The monoisotopic (exact) mass is 497 g/mol. The molecule has 0 radical (unpaired) electrons. The Balaban J connectivity index is 1.44. The van der Waals surface area contributed by atoms with Gasteiger partial charge in [0.25, 0.3) is 5.56 Å². The van der Waals surface area contributed by atoms with Gasteiger partial charge in [-0.15, -0.1) is 0 Å². The summed E-state index contributed by atoms with van der Waals surface area (Å²) in [5.74, 6) is 1.18. The predicted octanol–water partition coefficient (Wildman–Crippen LogP) is 2.23. The van der Waals surface area contributed by atoms with Crippen LogP contribution in [-0.4, -0.2) is 41.7 Å². The molecule has 0 spiro atoms. The number of halogens is 1. The minimum Gasteiger partial charge on any atom is -0.486 e. The minimum absolute atomic E-state index is 0.0353. The topological polar surface area (TPSA) is 102 Å². The lowest BCUT2D eigenvalue weighted by molar-refractivity contribution is 0.0777. The summed E-state index contributed by atoms with van der Waals surface area (Å²) in [7, 11) is 2.88. The van der Waals surface area contributed by atoms with Gasteiger partial charge < -0.3 is 18.6 Å². The van der Waals surface area contributed by atoms with E-state index in [1.807, 2.05) is 48.7 Å². The van der Waals surface area contributed by atoms with Crippen molar-refractivity contribution in [1.29, 1.82) is 0 Å². The first-order chi connectivity index (χ1) is 16.7. The smallest absolute Gasteiger partial charge is 0.332 e. The second-order valence-electron chi connectivity index (χ2n) is 8.66. The number of ketones is 1. The van der Waals surface area contributed by atoms with Crippen molar-refractivity contribution in [1.82, 2.24) is 23.3 Å². The van der Waals surface area contributed by atoms with Gasteiger partial charge in [0.1, 0.15) is 6.61 Å². The lowest BCUT2D eigenvalue weighted by Crippen LogP contribution is -2.37. The van der Waals surface area contributed by atoms with E-state index in [1.54, 1.807) is 0 Å². The summed E-state index contributed by atoms with van der Waals surface area (Å²) >= 11 is 6.29. The highest BCUT2D eigenvalue weighted by Gasteiger charge is 2.25. The molecule has 10 nitrogen and oxygen atoms in total. The van der Waals surface area contributed by atoms with Crippen molar-refractivity contribution < 1.29 is 14.3 Å². The van der Waals surface area contributed by atoms with Crippen LogP contribution in [0.15, 0.2) is 39.9 Å². The number of para-hydroxylation sites is 2. The van der Waals surface area contributed by atoms with Crippen molar-refractivity contribution in [2.24, 2.45) is 14.1 Å². The zero-order chi connectivity index (χ0) is 25.0. The summed E-state index contributed by atoms with van der Waals surface area (Å²) in [6.07, 6.45) is -0.214. The number of imidazole rings is 1. The van der Waals surface area contributed by atoms with E-state index < -0.39 is 11.2 Å². The van der Waals surface area contributed by atoms with E-state index in [9.17, 15) is 14.4 Å². The maximum atomic E-state index is 13.3. The van der Waals surface area contributed by atoms with Crippen molar-refractivity contribution in [3.8, 4) is 11.5 Å². The normalized spacial score (nSPS) is 15.1. The quantitative estimate of drug-likeness (QED) is 0.309. The Hall–Kier alpha value is -3.79. The molecule has 35 heavy (non-hydrogen) atoms. The first kappa shape index (κ1) is 23.0. The molecule has 1 atom stereocenters. The molecule has 0 saturated carbocycles. The Bertz CT molecular complexity index is 1610. The van der Waals surface area contributed by atoms with Crippen LogP contribution in [0.25, 0.3) is 11.2 Å². The lowest BCUT2D eigenvalue weighted by Gasteiger charge is -2.27. The Morgan fingerprint density at radius 3 is 2.57 bits per heavy atom. The van der Waals surface area contributed by atoms with Crippen LogP contribution >= 0.6 is 11.6 Å². The van der Waals surface area contributed by atoms with E-state index in [0.717, 1.165) is 16.0 Å². The Kier molecular flexibility index (Phi) is 5.55. The number of fused-ring (bicyclic) bond motifs is 2. The molecule has 0 amide bonds. The van der Waals surface area contributed by atoms with E-state index in [1.165, 1.54) is 23.2 Å². The average molecular weight is 498 g/mol. The standard InChI is InChI=1S/C24H24ClN5O5/c1-13-9-16(14(2)29(13)10-15-12-34-18-7-5-6-8-19(18)35-15)17(31)11-30-20-21(26-23(30)25)27(3)24(33)28(4)22(20)32/h5-9,15H,10-12H2,1-4H3/t15-/m1/s1. The van der Waals surface area contributed by atoms with Gasteiger partial charge in [0.2, 0.25) is 5.28 Å². The van der Waals surface area contributed by atoms with Crippen LogP contribution in [0.5, 0.6) is 11.5 Å². The van der Waals surface area contributed by atoms with Gasteiger partial charge in [-0.25, -0.2) is 4.79 Å². The fraction of sp³-hybridized carbons (Fsp3) is 0.333. The van der Waals surface area contributed by atoms with Gasteiger partial charge >= 0.3 is 5.69 Å². The van der Waals surface area contributed by atoms with Crippen LogP contribution in [0.4, 0.5) is 0 Å². The third kappa shape index (κ3) is 3.74. The van der Waals surface area contributed by atoms with Crippen LogP contribution in [0, 0.1) is 13.8 Å². The SMILES string of the molecule is Cc1cc(C(=O)Cn2c(Cl)nc3c2c(=O)n(C)c(=O)n3C)c(C)n1C[C@@H]1COc2ccccc2O1. The number of benzene rings is 1. The highest BCUT2D eigenvalue weighted by atomic mass is 35.5. The molecular weight excluding hydrogens is 474 g/mol. The van der Waals surface area contributed by atoms with Crippen LogP contribution in [0.1, 0.15) is 21.7 Å². The second kappa shape index (κ2) is 8.46. The van der Waals surface area contributed by atoms with Gasteiger partial charge in [-0.2, -0.15) is 4.98 Å². The van der Waals surface area contributed by atoms with Gasteiger partial charge in [0, 0.05) is 31.0 Å². The highest BCUT2D eigenvalue weighted by Crippen LogP contribution is 2.31. The maximum Gasteiger partial charge on any atom is 0.332 e. The van der Waals surface area contributed by atoms with Crippen LogP contribution in [0.2, 0.25) is 5.28 Å². The number of rotatable bonds is 5. The Morgan fingerprint density at radius 2 is 1.83 bits per heavy atom. The number of aromatic nitrogens is 5. The fourth-order valence-corrected chi connectivity index (χ4v) is 4.74. The summed E-state index contributed by atoms with van der Waals surface area (Å²) in [4.78, 5) is 42.5. The minimum atomic E-state index is -0.560. The van der Waals surface area contributed by atoms with Crippen molar-refractivity contribution >= 4 is 28.5 Å². The number of carbonyl (C=O) groups excluding carboxylic acids is 1. The molecule has 182 valence electrons. The number of hydrogen-bond acceptors (Lipinski definition) is 6. The molecule has 0 bridgehead atoms. The zero-order valence-electron chi connectivity index (χ0n) is 19.7. The summed E-state index contributed by atoms with van der Waals surface area (Å²) in [5, 5.41) is -0.0353. The van der Waals surface area contributed by atoms with Gasteiger partial charge in [-0.3, -0.25) is 18.7 Å². The van der Waals surface area contributed by atoms with E-state index in [0.29, 0.717) is 30.2 Å². The number of carbonyl (C=O) groups is 1. The van der Waals surface area contributed by atoms with Crippen molar-refractivity contribution in [2.75, 3.05) is 6.61 Å². The molecule has 1 aromatic carbocycles. The Labute approximate surface area is 204 Å². The molecular formula is C24H24ClN5O5. The van der Waals surface area contributed by atoms with Gasteiger partial charge in [0.15, 0.2) is 34.6 Å². The van der Waals surface area contributed by atoms with Crippen LogP contribution < -0.4 is 20.7 Å². The van der Waals surface area contributed by atoms with Crippen molar-refractivity contribution in [3.05, 3.63) is 73.4 Å². The van der Waals surface area contributed by atoms with E-state index in [4.69, 9.17) is 21.1 Å². The van der Waals surface area contributed by atoms with Crippen molar-refractivity contribution in [2.45, 2.75) is 33.0 Å². The first-order valence-electron chi connectivity index (χ1n) is 11.1. The van der Waals surface area contributed by atoms with Gasteiger partial charge in [0.05, 0.1) is 13.1 Å². The highest BCUT2D eigenvalue weighted by molar-refractivity contribution is 6.29. The largest absolute Gasteiger partial charge is 0.486 e. The molecule has 4 aromatic rings. The van der Waals surface area contributed by atoms with Gasteiger partial charge in [-0.1, -0.05) is 12.1 Å². The molecule has 1 aliphatic rings. The maximum absolute atomic E-state index is 13.3. The fourth-order valence-electron chi connectivity index (χ4n) is 4.51. The molecule has 0 N–H and O–H groups in total. The molecule has 0 saturated heterocycles. The summed E-state index contributed by atoms with van der Waals surface area (Å²) < 4.78 is 17.5. The van der Waals surface area contributed by atoms with E-state index in [2.05, 4.69) is 4.98 Å². The second-order valence-corrected chi connectivity index (χ2v) is 9.00. The van der Waals surface area contributed by atoms with E-state index in [-0.39, 0.29) is 34.9 Å². The number of hydrogen-bond donors (Lipinski definition) is 0. The zero-order valence-corrected chi connectivity index (χ0v) is 20.5. The van der Waals surface area contributed by atoms with Crippen molar-refractivity contribution in [3.63, 3.8) is 0 Å².